The van der Waals surface area contributed by atoms with E-state index in [1.165, 1.54) is 0 Å². The Bertz CT molecular complexity index is 588. The van der Waals surface area contributed by atoms with Crippen LogP contribution in [0.4, 0.5) is 0 Å². The van der Waals surface area contributed by atoms with Crippen molar-refractivity contribution in [1.29, 1.82) is 0 Å². The van der Waals surface area contributed by atoms with E-state index in [9.17, 15) is 0 Å². The molecule has 0 saturated heterocycles. The molecular formula is C20H24Cl2N2. The summed E-state index contributed by atoms with van der Waals surface area (Å²) in [4.78, 5) is -1.75. The van der Waals surface area contributed by atoms with E-state index >= 15 is 0 Å². The summed E-state index contributed by atoms with van der Waals surface area (Å²) in [7, 11) is 0. The van der Waals surface area contributed by atoms with Crippen molar-refractivity contribution in [3.63, 3.8) is 0 Å². The Labute approximate surface area is 154 Å². The number of hydrogen-bond donors (Lipinski definition) is 0. The van der Waals surface area contributed by atoms with Crippen LogP contribution in [0.15, 0.2) is 70.9 Å². The van der Waals surface area contributed by atoms with Crippen molar-refractivity contribution in [3.8, 4) is 0 Å². The highest BCUT2D eigenvalue weighted by molar-refractivity contribution is 6.24. The standard InChI is InChI=1S/C20H24Cl2N2/c1-3-15-19(21,17-11-7-5-8-12-17)23-24-20(22,16-4-2)18-13-9-6-10-14-18/h5-14H,3-4,15-16H2,1-2H3/b24-23+. The van der Waals surface area contributed by atoms with Gasteiger partial charge in [0.25, 0.3) is 0 Å². The molecule has 0 amide bonds. The van der Waals surface area contributed by atoms with Crippen LogP contribution in [0.2, 0.25) is 0 Å². The summed E-state index contributed by atoms with van der Waals surface area (Å²) in [5.41, 5.74) is 1.89. The van der Waals surface area contributed by atoms with E-state index in [1.807, 2.05) is 60.7 Å². The molecule has 0 aliphatic rings. The Morgan fingerprint density at radius 2 is 1.00 bits per heavy atom. The largest absolute Gasteiger partial charge is 0.179 e. The predicted molar refractivity (Wildman–Crippen MR) is 103 cm³/mol. The van der Waals surface area contributed by atoms with Gasteiger partial charge in [-0.2, -0.15) is 10.2 Å². The summed E-state index contributed by atoms with van der Waals surface area (Å²) in [6.45, 7) is 4.18. The van der Waals surface area contributed by atoms with Crippen LogP contribution >= 0.6 is 23.2 Å². The first-order valence-electron chi connectivity index (χ1n) is 8.47. The van der Waals surface area contributed by atoms with E-state index in [-0.39, 0.29) is 0 Å². The molecule has 0 spiro atoms. The molecule has 24 heavy (non-hydrogen) atoms. The second kappa shape index (κ2) is 8.64. The van der Waals surface area contributed by atoms with Crippen LogP contribution < -0.4 is 0 Å². The van der Waals surface area contributed by atoms with E-state index in [1.54, 1.807) is 0 Å². The lowest BCUT2D eigenvalue weighted by Crippen LogP contribution is -2.19. The summed E-state index contributed by atoms with van der Waals surface area (Å²) >= 11 is 13.7. The Morgan fingerprint density at radius 1 is 0.667 bits per heavy atom. The maximum Gasteiger partial charge on any atom is 0.179 e. The van der Waals surface area contributed by atoms with Crippen LogP contribution in [0.5, 0.6) is 0 Å². The Kier molecular flexibility index (Phi) is 6.82. The predicted octanol–water partition coefficient (Wildman–Crippen LogP) is 7.22. The minimum atomic E-state index is -0.876. The average molecular weight is 363 g/mol. The summed E-state index contributed by atoms with van der Waals surface area (Å²) in [5.74, 6) is 0. The van der Waals surface area contributed by atoms with Gasteiger partial charge < -0.3 is 0 Å². The van der Waals surface area contributed by atoms with E-state index in [2.05, 4.69) is 24.1 Å². The fourth-order valence-electron chi connectivity index (χ4n) is 2.71. The first kappa shape index (κ1) is 19.0. The lowest BCUT2D eigenvalue weighted by atomic mass is 10.0. The van der Waals surface area contributed by atoms with Gasteiger partial charge in [-0.3, -0.25) is 0 Å². The van der Waals surface area contributed by atoms with Gasteiger partial charge in [0.2, 0.25) is 0 Å². The molecule has 0 heterocycles. The molecular weight excluding hydrogens is 339 g/mol. The van der Waals surface area contributed by atoms with E-state index < -0.39 is 10.00 Å². The van der Waals surface area contributed by atoms with Crippen molar-refractivity contribution in [2.75, 3.05) is 0 Å². The molecule has 0 aliphatic heterocycles. The molecule has 0 fully saturated rings. The van der Waals surface area contributed by atoms with Crippen LogP contribution in [-0.2, 0) is 10.00 Å². The number of hydrogen-bond acceptors (Lipinski definition) is 2. The Morgan fingerprint density at radius 3 is 1.29 bits per heavy atom. The van der Waals surface area contributed by atoms with Crippen molar-refractivity contribution in [2.45, 2.75) is 49.5 Å². The molecule has 2 nitrogen and oxygen atoms in total. The highest BCUT2D eigenvalue weighted by Gasteiger charge is 2.33. The van der Waals surface area contributed by atoms with Gasteiger partial charge in [0, 0.05) is 0 Å². The summed E-state index contributed by atoms with van der Waals surface area (Å²) < 4.78 is 0. The average Bonchev–Trinajstić information content (AvgIpc) is 2.62. The minimum absolute atomic E-state index is 0.704. The summed E-state index contributed by atoms with van der Waals surface area (Å²) in [5, 5.41) is 9.08. The molecule has 0 saturated carbocycles. The molecule has 2 rings (SSSR count). The molecule has 2 aromatic rings. The third-order valence-electron chi connectivity index (χ3n) is 3.96. The van der Waals surface area contributed by atoms with Gasteiger partial charge in [-0.25, -0.2) is 0 Å². The first-order valence-corrected chi connectivity index (χ1v) is 9.22. The number of nitrogens with zero attached hydrogens (tertiary/aromatic N) is 2. The number of benzene rings is 2. The van der Waals surface area contributed by atoms with E-state index in [0.717, 1.165) is 24.0 Å². The monoisotopic (exact) mass is 362 g/mol. The van der Waals surface area contributed by atoms with Crippen molar-refractivity contribution < 1.29 is 0 Å². The number of azo groups is 1. The SMILES string of the molecule is CCCC(Cl)(/N=N/C(Cl)(CCC)c1ccccc1)c1ccccc1. The van der Waals surface area contributed by atoms with Gasteiger partial charge in [0.1, 0.15) is 0 Å². The van der Waals surface area contributed by atoms with Gasteiger partial charge in [-0.1, -0.05) is 111 Å². The Balaban J connectivity index is 2.38. The molecule has 0 N–H and O–H groups in total. The van der Waals surface area contributed by atoms with Crippen molar-refractivity contribution >= 4 is 23.2 Å². The highest BCUT2D eigenvalue weighted by Crippen LogP contribution is 2.41. The fourth-order valence-corrected chi connectivity index (χ4v) is 3.42. The maximum atomic E-state index is 6.84. The smallest absolute Gasteiger partial charge is 0.164 e. The van der Waals surface area contributed by atoms with Crippen LogP contribution in [0.3, 0.4) is 0 Å². The van der Waals surface area contributed by atoms with Gasteiger partial charge in [-0.05, 0) is 24.0 Å². The quantitative estimate of drug-likeness (QED) is 0.269. The van der Waals surface area contributed by atoms with Crippen LogP contribution in [0, 0.1) is 0 Å². The zero-order valence-corrected chi connectivity index (χ0v) is 15.8. The van der Waals surface area contributed by atoms with Gasteiger partial charge in [0.05, 0.1) is 0 Å². The highest BCUT2D eigenvalue weighted by atomic mass is 35.5. The molecule has 2 unspecified atom stereocenters. The van der Waals surface area contributed by atoms with Crippen molar-refractivity contribution in [2.24, 2.45) is 10.2 Å². The van der Waals surface area contributed by atoms with Gasteiger partial charge in [-0.15, -0.1) is 0 Å². The topological polar surface area (TPSA) is 24.7 Å². The number of halogens is 2. The molecule has 0 aromatic heterocycles. The molecule has 0 radical (unpaired) electrons. The molecule has 2 aromatic carbocycles. The van der Waals surface area contributed by atoms with Gasteiger partial charge >= 0.3 is 0 Å². The number of alkyl halides is 2. The molecule has 2 atom stereocenters. The zero-order chi connectivity index (χ0) is 17.5. The first-order chi connectivity index (χ1) is 11.5. The molecule has 4 heteroatoms. The van der Waals surface area contributed by atoms with Crippen molar-refractivity contribution in [3.05, 3.63) is 71.8 Å². The van der Waals surface area contributed by atoms with Crippen molar-refractivity contribution in [1.82, 2.24) is 0 Å². The summed E-state index contributed by atoms with van der Waals surface area (Å²) in [6.07, 6.45) is 3.23. The number of rotatable bonds is 8. The maximum absolute atomic E-state index is 6.84. The second-order valence-electron chi connectivity index (χ2n) is 5.95. The van der Waals surface area contributed by atoms with E-state index in [4.69, 9.17) is 23.2 Å². The third kappa shape index (κ3) is 4.58. The third-order valence-corrected chi connectivity index (χ3v) is 4.93. The zero-order valence-electron chi connectivity index (χ0n) is 14.3. The van der Waals surface area contributed by atoms with Crippen LogP contribution in [0.25, 0.3) is 0 Å². The van der Waals surface area contributed by atoms with Crippen LogP contribution in [-0.4, -0.2) is 0 Å². The molecule has 128 valence electrons. The molecule has 0 aliphatic carbocycles. The summed E-state index contributed by atoms with van der Waals surface area (Å²) in [6, 6.07) is 19.8. The Hall–Kier alpha value is -1.38. The van der Waals surface area contributed by atoms with Gasteiger partial charge in [0.15, 0.2) is 10.00 Å². The normalized spacial score (nSPS) is 16.7. The lowest BCUT2D eigenvalue weighted by molar-refractivity contribution is 0.472. The lowest BCUT2D eigenvalue weighted by Gasteiger charge is -2.26. The van der Waals surface area contributed by atoms with Crippen LogP contribution in [0.1, 0.15) is 50.7 Å². The molecule has 0 bridgehead atoms. The fraction of sp³-hybridized carbons (Fsp3) is 0.400. The van der Waals surface area contributed by atoms with E-state index in [0.29, 0.717) is 12.8 Å². The minimum Gasteiger partial charge on any atom is -0.164 e. The second-order valence-corrected chi connectivity index (χ2v) is 7.20.